The second-order valence-corrected chi connectivity index (χ2v) is 4.35. The van der Waals surface area contributed by atoms with E-state index in [4.69, 9.17) is 0 Å². The van der Waals surface area contributed by atoms with Gasteiger partial charge in [-0.2, -0.15) is 5.10 Å². The number of rotatable bonds is 1. The Morgan fingerprint density at radius 2 is 2.27 bits per heavy atom. The molecule has 0 amide bonds. The Hall–Kier alpha value is -1.62. The van der Waals surface area contributed by atoms with Crippen molar-refractivity contribution in [1.29, 1.82) is 0 Å². The van der Waals surface area contributed by atoms with E-state index in [0.717, 1.165) is 16.7 Å². The molecule has 3 rings (SSSR count). The molecule has 0 saturated carbocycles. The summed E-state index contributed by atoms with van der Waals surface area (Å²) in [6, 6.07) is 2.03. The molecule has 0 atom stereocenters. The Balaban J connectivity index is 1.92. The summed E-state index contributed by atoms with van der Waals surface area (Å²) in [5, 5.41) is 17.4. The second-order valence-electron chi connectivity index (χ2n) is 4.35. The lowest BCUT2D eigenvalue weighted by Crippen LogP contribution is -2.60. The number of aliphatic hydroxyl groups is 1. The van der Waals surface area contributed by atoms with Gasteiger partial charge in [0, 0.05) is 18.5 Å². The predicted molar refractivity (Wildman–Crippen MR) is 56.7 cm³/mol. The first kappa shape index (κ1) is 8.67. The summed E-state index contributed by atoms with van der Waals surface area (Å²) >= 11 is 0. The number of H-pyrrole nitrogens is 1. The Labute approximate surface area is 86.7 Å². The number of nitrogens with zero attached hydrogens (tertiary/aromatic N) is 3. The van der Waals surface area contributed by atoms with E-state index in [9.17, 15) is 5.11 Å². The molecular weight excluding hydrogens is 192 g/mol. The number of hydrogen-bond acceptors (Lipinski definition) is 4. The van der Waals surface area contributed by atoms with Crippen LogP contribution in [0.4, 0.5) is 5.69 Å². The van der Waals surface area contributed by atoms with Crippen LogP contribution in [-0.4, -0.2) is 39.0 Å². The molecule has 0 aliphatic carbocycles. The van der Waals surface area contributed by atoms with E-state index in [-0.39, 0.29) is 0 Å². The first-order chi connectivity index (χ1) is 7.14. The molecule has 1 aliphatic rings. The molecule has 2 aromatic rings. The fourth-order valence-corrected chi connectivity index (χ4v) is 1.96. The summed E-state index contributed by atoms with van der Waals surface area (Å²) in [4.78, 5) is 6.35. The van der Waals surface area contributed by atoms with E-state index in [1.54, 1.807) is 12.4 Å². The lowest BCUT2D eigenvalue weighted by Gasteiger charge is -2.45. The summed E-state index contributed by atoms with van der Waals surface area (Å²) in [5.74, 6) is 0. The Bertz CT molecular complexity index is 497. The number of fused-ring (bicyclic) bond motifs is 1. The third-order valence-corrected chi connectivity index (χ3v) is 2.70. The highest BCUT2D eigenvalue weighted by atomic mass is 16.3. The van der Waals surface area contributed by atoms with Gasteiger partial charge in [-0.1, -0.05) is 0 Å². The monoisotopic (exact) mass is 204 g/mol. The molecule has 2 N–H and O–H groups in total. The molecule has 1 aliphatic heterocycles. The van der Waals surface area contributed by atoms with Crippen LogP contribution in [0.3, 0.4) is 0 Å². The zero-order valence-corrected chi connectivity index (χ0v) is 8.44. The average Bonchev–Trinajstić information content (AvgIpc) is 2.60. The van der Waals surface area contributed by atoms with E-state index in [1.165, 1.54) is 0 Å². The molecular formula is C10H12N4O. The van der Waals surface area contributed by atoms with E-state index in [0.29, 0.717) is 13.1 Å². The highest BCUT2D eigenvalue weighted by molar-refractivity contribution is 5.78. The van der Waals surface area contributed by atoms with E-state index >= 15 is 0 Å². The van der Waals surface area contributed by atoms with Crippen molar-refractivity contribution >= 4 is 16.7 Å². The number of hydrogen-bond donors (Lipinski definition) is 2. The fourth-order valence-electron chi connectivity index (χ4n) is 1.96. The van der Waals surface area contributed by atoms with Crippen molar-refractivity contribution in [1.82, 2.24) is 15.2 Å². The molecule has 0 aromatic carbocycles. The van der Waals surface area contributed by atoms with Gasteiger partial charge in [0.15, 0.2) is 5.65 Å². The summed E-state index contributed by atoms with van der Waals surface area (Å²) < 4.78 is 0. The zero-order chi connectivity index (χ0) is 10.5. The quantitative estimate of drug-likeness (QED) is 0.711. The SMILES string of the molecule is CC1(O)CN(c2cnc3[nH]ncc3c2)C1. The van der Waals surface area contributed by atoms with E-state index in [2.05, 4.69) is 20.1 Å². The molecule has 3 heterocycles. The van der Waals surface area contributed by atoms with Gasteiger partial charge in [-0.3, -0.25) is 5.10 Å². The van der Waals surface area contributed by atoms with Gasteiger partial charge >= 0.3 is 0 Å². The van der Waals surface area contributed by atoms with Gasteiger partial charge in [0.05, 0.1) is 23.7 Å². The van der Waals surface area contributed by atoms with Crippen LogP contribution in [0.1, 0.15) is 6.92 Å². The van der Waals surface area contributed by atoms with Crippen LogP contribution in [0.15, 0.2) is 18.5 Å². The van der Waals surface area contributed by atoms with Gasteiger partial charge in [0.25, 0.3) is 0 Å². The molecule has 0 unspecified atom stereocenters. The molecule has 0 bridgehead atoms. The van der Waals surface area contributed by atoms with Crippen molar-refractivity contribution in [3.05, 3.63) is 18.5 Å². The van der Waals surface area contributed by atoms with Crippen molar-refractivity contribution in [2.45, 2.75) is 12.5 Å². The Morgan fingerprint density at radius 3 is 3.00 bits per heavy atom. The van der Waals surface area contributed by atoms with Gasteiger partial charge in [0.1, 0.15) is 0 Å². The van der Waals surface area contributed by atoms with Crippen molar-refractivity contribution < 1.29 is 5.11 Å². The fraction of sp³-hybridized carbons (Fsp3) is 0.400. The van der Waals surface area contributed by atoms with Crippen molar-refractivity contribution in [3.63, 3.8) is 0 Å². The first-order valence-corrected chi connectivity index (χ1v) is 4.91. The lowest BCUT2D eigenvalue weighted by atomic mass is 9.96. The summed E-state index contributed by atoms with van der Waals surface area (Å²) in [6.45, 7) is 3.17. The highest BCUT2D eigenvalue weighted by Crippen LogP contribution is 2.28. The topological polar surface area (TPSA) is 65.0 Å². The van der Waals surface area contributed by atoms with E-state index in [1.807, 2.05) is 13.0 Å². The van der Waals surface area contributed by atoms with Gasteiger partial charge in [-0.05, 0) is 13.0 Å². The average molecular weight is 204 g/mol. The maximum atomic E-state index is 9.64. The lowest BCUT2D eigenvalue weighted by molar-refractivity contribution is 0.0310. The third kappa shape index (κ3) is 1.35. The molecule has 5 nitrogen and oxygen atoms in total. The van der Waals surface area contributed by atoms with Crippen molar-refractivity contribution in [3.8, 4) is 0 Å². The molecule has 78 valence electrons. The van der Waals surface area contributed by atoms with Gasteiger partial charge in [-0.15, -0.1) is 0 Å². The minimum atomic E-state index is -0.550. The zero-order valence-electron chi connectivity index (χ0n) is 8.44. The number of aromatic nitrogens is 3. The summed E-state index contributed by atoms with van der Waals surface area (Å²) in [6.07, 6.45) is 3.56. The largest absolute Gasteiger partial charge is 0.386 e. The van der Waals surface area contributed by atoms with Gasteiger partial charge in [-0.25, -0.2) is 4.98 Å². The van der Waals surface area contributed by atoms with Crippen LogP contribution in [0.2, 0.25) is 0 Å². The maximum Gasteiger partial charge on any atom is 0.155 e. The minimum absolute atomic E-state index is 0.550. The number of anilines is 1. The van der Waals surface area contributed by atoms with Crippen LogP contribution in [0.25, 0.3) is 11.0 Å². The molecule has 5 heteroatoms. The highest BCUT2D eigenvalue weighted by Gasteiger charge is 2.36. The van der Waals surface area contributed by atoms with E-state index < -0.39 is 5.60 Å². The summed E-state index contributed by atoms with van der Waals surface area (Å²) in [7, 11) is 0. The normalized spacial score (nSPS) is 19.2. The molecule has 2 aromatic heterocycles. The van der Waals surface area contributed by atoms with Crippen LogP contribution in [0, 0.1) is 0 Å². The molecule has 0 spiro atoms. The maximum absolute atomic E-state index is 9.64. The smallest absolute Gasteiger partial charge is 0.155 e. The summed E-state index contributed by atoms with van der Waals surface area (Å²) in [5.41, 5.74) is 1.28. The molecule has 1 saturated heterocycles. The van der Waals surface area contributed by atoms with Gasteiger partial charge < -0.3 is 10.0 Å². The van der Waals surface area contributed by atoms with Crippen molar-refractivity contribution in [2.75, 3.05) is 18.0 Å². The van der Waals surface area contributed by atoms with Crippen LogP contribution >= 0.6 is 0 Å². The van der Waals surface area contributed by atoms with Crippen LogP contribution in [0.5, 0.6) is 0 Å². The van der Waals surface area contributed by atoms with Crippen LogP contribution < -0.4 is 4.90 Å². The Kier molecular flexibility index (Phi) is 1.56. The number of aromatic amines is 1. The number of β-amino-alcohol motifs (C(OH)–C–C–N with tert-alkyl or cyclic N) is 1. The third-order valence-electron chi connectivity index (χ3n) is 2.70. The number of nitrogens with one attached hydrogen (secondary N) is 1. The predicted octanol–water partition coefficient (Wildman–Crippen LogP) is 0.529. The van der Waals surface area contributed by atoms with Crippen LogP contribution in [-0.2, 0) is 0 Å². The van der Waals surface area contributed by atoms with Crippen molar-refractivity contribution in [2.24, 2.45) is 0 Å². The molecule has 0 radical (unpaired) electrons. The van der Waals surface area contributed by atoms with Gasteiger partial charge in [0.2, 0.25) is 0 Å². The Morgan fingerprint density at radius 1 is 1.47 bits per heavy atom. The standard InChI is InChI=1S/C10H12N4O/c1-10(15)5-14(6-10)8-2-7-3-12-13-9(7)11-4-8/h2-4,15H,5-6H2,1H3,(H,11,12,13). The molecule has 1 fully saturated rings. The minimum Gasteiger partial charge on any atom is -0.386 e. The first-order valence-electron chi connectivity index (χ1n) is 4.91. The second kappa shape index (κ2) is 2.70. The molecule has 15 heavy (non-hydrogen) atoms. The number of pyridine rings is 1.